The van der Waals surface area contributed by atoms with Crippen LogP contribution < -0.4 is 0 Å². The normalized spacial score (nSPS) is 11.1. The number of hydrogen-bond acceptors (Lipinski definition) is 2. The van der Waals surface area contributed by atoms with Gasteiger partial charge in [0.1, 0.15) is 11.6 Å². The quantitative estimate of drug-likeness (QED) is 0.266. The van der Waals surface area contributed by atoms with E-state index in [1.165, 1.54) is 44.5 Å². The standard InChI is InChI=1S/2C16H16N2/c2*1-10-8-11(2)15(12(3)9-10)16-17-13-6-4-5-7-14(13)18-16/h2*4-9H,1-3H3,(H,17,18). The maximum Gasteiger partial charge on any atom is 0.139 e. The number of aromatic nitrogens is 4. The lowest BCUT2D eigenvalue weighted by Crippen LogP contribution is -1.91. The van der Waals surface area contributed by atoms with Crippen LogP contribution in [0.1, 0.15) is 33.4 Å². The van der Waals surface area contributed by atoms with Crippen molar-refractivity contribution in [2.24, 2.45) is 0 Å². The van der Waals surface area contributed by atoms with E-state index < -0.39 is 0 Å². The second kappa shape index (κ2) is 9.46. The summed E-state index contributed by atoms with van der Waals surface area (Å²) in [6.45, 7) is 12.8. The molecule has 4 nitrogen and oxygen atoms in total. The molecule has 6 aromatic rings. The molecule has 0 radical (unpaired) electrons. The number of para-hydroxylation sites is 4. The minimum Gasteiger partial charge on any atom is -0.338 e. The van der Waals surface area contributed by atoms with Gasteiger partial charge in [0.05, 0.1) is 22.1 Å². The molecule has 36 heavy (non-hydrogen) atoms. The summed E-state index contributed by atoms with van der Waals surface area (Å²) in [5, 5.41) is 0. The predicted octanol–water partition coefficient (Wildman–Crippen LogP) is 8.31. The Labute approximate surface area is 212 Å². The maximum atomic E-state index is 4.68. The Balaban J connectivity index is 0.000000148. The van der Waals surface area contributed by atoms with Crippen LogP contribution in [0, 0.1) is 41.5 Å². The number of aromatic amines is 2. The van der Waals surface area contributed by atoms with Gasteiger partial charge in [0, 0.05) is 11.1 Å². The first-order chi connectivity index (χ1) is 17.3. The zero-order valence-electron chi connectivity index (χ0n) is 21.8. The van der Waals surface area contributed by atoms with Crippen LogP contribution in [0.4, 0.5) is 0 Å². The van der Waals surface area contributed by atoms with Gasteiger partial charge in [-0.15, -0.1) is 0 Å². The van der Waals surface area contributed by atoms with Crippen molar-refractivity contribution in [2.45, 2.75) is 41.5 Å². The van der Waals surface area contributed by atoms with Crippen molar-refractivity contribution in [1.29, 1.82) is 0 Å². The van der Waals surface area contributed by atoms with Crippen molar-refractivity contribution >= 4 is 22.1 Å². The molecule has 4 heteroatoms. The van der Waals surface area contributed by atoms with E-state index in [0.717, 1.165) is 33.7 Å². The molecule has 0 unspecified atom stereocenters. The fraction of sp³-hybridized carbons (Fsp3) is 0.188. The van der Waals surface area contributed by atoms with Crippen LogP contribution >= 0.6 is 0 Å². The van der Waals surface area contributed by atoms with Crippen LogP contribution in [0.5, 0.6) is 0 Å². The highest BCUT2D eigenvalue weighted by Crippen LogP contribution is 2.29. The number of nitrogens with one attached hydrogen (secondary N) is 2. The summed E-state index contributed by atoms with van der Waals surface area (Å²) < 4.78 is 0. The van der Waals surface area contributed by atoms with Crippen molar-refractivity contribution in [1.82, 2.24) is 19.9 Å². The molecule has 2 heterocycles. The minimum absolute atomic E-state index is 0.964. The molecule has 0 atom stereocenters. The molecule has 4 aromatic carbocycles. The van der Waals surface area contributed by atoms with Gasteiger partial charge in [0.25, 0.3) is 0 Å². The lowest BCUT2D eigenvalue weighted by molar-refractivity contribution is 1.25. The SMILES string of the molecule is Cc1cc(C)c(-c2nc3ccccc3[nH]2)c(C)c1.Cc1cc(C)c(-c2nc3ccccc3[nH]2)c(C)c1. The molecular weight excluding hydrogens is 440 g/mol. The summed E-state index contributed by atoms with van der Waals surface area (Å²) in [6, 6.07) is 25.1. The lowest BCUT2D eigenvalue weighted by Gasteiger charge is -2.08. The second-order valence-corrected chi connectivity index (χ2v) is 9.75. The van der Waals surface area contributed by atoms with Crippen LogP contribution in [0.2, 0.25) is 0 Å². The lowest BCUT2D eigenvalue weighted by atomic mass is 9.99. The Morgan fingerprint density at radius 3 is 1.14 bits per heavy atom. The molecule has 6 rings (SSSR count). The van der Waals surface area contributed by atoms with E-state index >= 15 is 0 Å². The van der Waals surface area contributed by atoms with Gasteiger partial charge in [-0.3, -0.25) is 0 Å². The van der Waals surface area contributed by atoms with Gasteiger partial charge in [-0.25, -0.2) is 9.97 Å². The number of benzene rings is 4. The Hall–Kier alpha value is -4.18. The van der Waals surface area contributed by atoms with Crippen LogP contribution in [0.15, 0.2) is 72.8 Å². The Morgan fingerprint density at radius 2 is 0.806 bits per heavy atom. The first-order valence-electron chi connectivity index (χ1n) is 12.4. The molecule has 0 amide bonds. The topological polar surface area (TPSA) is 57.4 Å². The van der Waals surface area contributed by atoms with Crippen molar-refractivity contribution in [3.8, 4) is 22.8 Å². The smallest absolute Gasteiger partial charge is 0.139 e. The first-order valence-corrected chi connectivity index (χ1v) is 12.4. The summed E-state index contributed by atoms with van der Waals surface area (Å²) in [6.07, 6.45) is 0. The zero-order chi connectivity index (χ0) is 25.4. The summed E-state index contributed by atoms with van der Waals surface area (Å²) in [7, 11) is 0. The van der Waals surface area contributed by atoms with Gasteiger partial charge >= 0.3 is 0 Å². The first kappa shape index (κ1) is 23.6. The third kappa shape index (κ3) is 4.55. The number of hydrogen-bond donors (Lipinski definition) is 2. The Kier molecular flexibility index (Phi) is 6.19. The van der Waals surface area contributed by atoms with E-state index in [1.807, 2.05) is 36.4 Å². The van der Waals surface area contributed by atoms with Gasteiger partial charge in [-0.2, -0.15) is 0 Å². The molecule has 0 aliphatic heterocycles. The van der Waals surface area contributed by atoms with Crippen LogP contribution in [-0.4, -0.2) is 19.9 Å². The van der Waals surface area contributed by atoms with Gasteiger partial charge in [-0.05, 0) is 88.1 Å². The Bertz CT molecular complexity index is 1460. The largest absolute Gasteiger partial charge is 0.338 e. The molecule has 0 saturated heterocycles. The average Bonchev–Trinajstić information content (AvgIpc) is 3.42. The molecule has 0 aliphatic rings. The second-order valence-electron chi connectivity index (χ2n) is 9.75. The summed E-state index contributed by atoms with van der Waals surface area (Å²) in [5.41, 5.74) is 14.3. The fourth-order valence-corrected chi connectivity index (χ4v) is 5.25. The van der Waals surface area contributed by atoms with E-state index in [9.17, 15) is 0 Å². The summed E-state index contributed by atoms with van der Waals surface area (Å²) in [4.78, 5) is 16.2. The fourth-order valence-electron chi connectivity index (χ4n) is 5.25. The van der Waals surface area contributed by atoms with Crippen LogP contribution in [-0.2, 0) is 0 Å². The van der Waals surface area contributed by atoms with Gasteiger partial charge in [-0.1, -0.05) is 59.7 Å². The summed E-state index contributed by atoms with van der Waals surface area (Å²) in [5.74, 6) is 1.93. The van der Waals surface area contributed by atoms with E-state index in [4.69, 9.17) is 0 Å². The van der Waals surface area contributed by atoms with Crippen molar-refractivity contribution < 1.29 is 0 Å². The van der Waals surface area contributed by atoms with E-state index in [0.29, 0.717) is 0 Å². The molecule has 180 valence electrons. The molecule has 0 aliphatic carbocycles. The molecule has 0 spiro atoms. The van der Waals surface area contributed by atoms with Gasteiger partial charge in [0.2, 0.25) is 0 Å². The van der Waals surface area contributed by atoms with Crippen LogP contribution in [0.3, 0.4) is 0 Å². The maximum absolute atomic E-state index is 4.68. The number of aryl methyl sites for hydroxylation is 6. The number of nitrogens with zero attached hydrogens (tertiary/aromatic N) is 2. The van der Waals surface area contributed by atoms with E-state index in [-0.39, 0.29) is 0 Å². The van der Waals surface area contributed by atoms with Crippen molar-refractivity contribution in [2.75, 3.05) is 0 Å². The third-order valence-electron chi connectivity index (χ3n) is 6.61. The monoisotopic (exact) mass is 472 g/mol. The highest BCUT2D eigenvalue weighted by Gasteiger charge is 2.12. The van der Waals surface area contributed by atoms with Crippen LogP contribution in [0.25, 0.3) is 44.8 Å². The molecular formula is C32H32N4. The third-order valence-corrected chi connectivity index (χ3v) is 6.61. The minimum atomic E-state index is 0.964. The van der Waals surface area contributed by atoms with Crippen molar-refractivity contribution in [3.63, 3.8) is 0 Å². The highest BCUT2D eigenvalue weighted by molar-refractivity contribution is 5.81. The molecule has 0 fully saturated rings. The van der Waals surface area contributed by atoms with Gasteiger partial charge < -0.3 is 9.97 Å². The molecule has 0 saturated carbocycles. The average molecular weight is 473 g/mol. The number of rotatable bonds is 2. The molecule has 2 aromatic heterocycles. The van der Waals surface area contributed by atoms with E-state index in [1.54, 1.807) is 0 Å². The number of fused-ring (bicyclic) bond motifs is 2. The van der Waals surface area contributed by atoms with Crippen molar-refractivity contribution in [3.05, 3.63) is 106 Å². The molecule has 2 N–H and O–H groups in total. The molecule has 0 bridgehead atoms. The highest BCUT2D eigenvalue weighted by atomic mass is 14.9. The van der Waals surface area contributed by atoms with Gasteiger partial charge in [0.15, 0.2) is 0 Å². The van der Waals surface area contributed by atoms with E-state index in [2.05, 4.69) is 97.9 Å². The number of imidazole rings is 2. The summed E-state index contributed by atoms with van der Waals surface area (Å²) >= 11 is 0. The Morgan fingerprint density at radius 1 is 0.472 bits per heavy atom. The number of H-pyrrole nitrogens is 2. The zero-order valence-corrected chi connectivity index (χ0v) is 21.8. The predicted molar refractivity (Wildman–Crippen MR) is 151 cm³/mol.